The maximum Gasteiger partial charge on any atom is 0.0413 e. The number of benzene rings is 4. The fourth-order valence-corrected chi connectivity index (χ4v) is 7.03. The zero-order chi connectivity index (χ0) is 31.4. The Labute approximate surface area is 268 Å². The predicted octanol–water partition coefficient (Wildman–Crippen LogP) is 11.9. The largest absolute Gasteiger partial charge is 0.338 e. The van der Waals surface area contributed by atoms with Crippen LogP contribution in [0.3, 0.4) is 0 Å². The van der Waals surface area contributed by atoms with E-state index in [0.717, 1.165) is 0 Å². The highest BCUT2D eigenvalue weighted by molar-refractivity contribution is 5.67. The molecule has 5 rings (SSSR count). The molecule has 0 saturated heterocycles. The van der Waals surface area contributed by atoms with Gasteiger partial charge in [-0.25, -0.2) is 0 Å². The Balaban J connectivity index is 1.50. The second-order valence-electron chi connectivity index (χ2n) is 14.1. The number of aryl methyl sites for hydroxylation is 2. The molecule has 4 aromatic carbocycles. The number of nitrogens with zero attached hydrogens (tertiary/aromatic N) is 2. The minimum absolute atomic E-state index is 0.0615. The third-order valence-electron chi connectivity index (χ3n) is 10.5. The van der Waals surface area contributed by atoms with E-state index in [4.69, 9.17) is 0 Å². The standard InChI is InChI=1S/C42H54N2/c1-30(2)34(7)43(38-20-12-32(5)13-21-38)40-24-16-36(17-25-40)42(28-10-9-11-29-42)37-18-26-41(27-19-37)44(35(8)31(3)4)39-22-14-33(6)15-23-39/h12-27,30-31,34-35H,9-11,28-29H2,1-8H3/t34-,35?/m0/s1. The van der Waals surface area contributed by atoms with Crippen molar-refractivity contribution in [2.75, 3.05) is 9.80 Å². The summed E-state index contributed by atoms with van der Waals surface area (Å²) in [4.78, 5) is 5.04. The van der Waals surface area contributed by atoms with Gasteiger partial charge in [-0.2, -0.15) is 0 Å². The summed E-state index contributed by atoms with van der Waals surface area (Å²) in [5, 5.41) is 0. The fraction of sp³-hybridized carbons (Fsp3) is 0.429. The molecule has 1 aliphatic carbocycles. The molecular formula is C42H54N2. The lowest BCUT2D eigenvalue weighted by molar-refractivity contribution is 0.346. The van der Waals surface area contributed by atoms with E-state index < -0.39 is 0 Å². The minimum Gasteiger partial charge on any atom is -0.338 e. The van der Waals surface area contributed by atoms with Crippen molar-refractivity contribution in [2.24, 2.45) is 11.8 Å². The molecule has 1 unspecified atom stereocenters. The summed E-state index contributed by atoms with van der Waals surface area (Å²) in [5.41, 5.74) is 10.7. The van der Waals surface area contributed by atoms with Crippen LogP contribution in [0.25, 0.3) is 0 Å². The maximum absolute atomic E-state index is 2.52. The lowest BCUT2D eigenvalue weighted by Crippen LogP contribution is -2.34. The molecular weight excluding hydrogens is 532 g/mol. The molecule has 0 radical (unpaired) electrons. The van der Waals surface area contributed by atoms with E-state index in [1.165, 1.54) is 77.1 Å². The van der Waals surface area contributed by atoms with Gasteiger partial charge in [0.1, 0.15) is 0 Å². The van der Waals surface area contributed by atoms with Crippen LogP contribution in [0.15, 0.2) is 97.1 Å². The van der Waals surface area contributed by atoms with Gasteiger partial charge in [0.2, 0.25) is 0 Å². The van der Waals surface area contributed by atoms with Crippen LogP contribution in [-0.4, -0.2) is 12.1 Å². The Kier molecular flexibility index (Phi) is 9.88. The number of rotatable bonds is 10. The number of anilines is 4. The Morgan fingerprint density at radius 1 is 0.432 bits per heavy atom. The van der Waals surface area contributed by atoms with Crippen molar-refractivity contribution >= 4 is 22.7 Å². The zero-order valence-corrected chi connectivity index (χ0v) is 28.5. The van der Waals surface area contributed by atoms with Gasteiger partial charge in [0.05, 0.1) is 0 Å². The van der Waals surface area contributed by atoms with Gasteiger partial charge >= 0.3 is 0 Å². The Morgan fingerprint density at radius 2 is 0.727 bits per heavy atom. The first-order chi connectivity index (χ1) is 21.1. The Morgan fingerprint density at radius 3 is 1.02 bits per heavy atom. The van der Waals surface area contributed by atoms with Crippen LogP contribution >= 0.6 is 0 Å². The molecule has 44 heavy (non-hydrogen) atoms. The van der Waals surface area contributed by atoms with Gasteiger partial charge in [0, 0.05) is 40.2 Å². The van der Waals surface area contributed by atoms with E-state index in [-0.39, 0.29) is 5.41 Å². The van der Waals surface area contributed by atoms with Gasteiger partial charge in [0.25, 0.3) is 0 Å². The summed E-state index contributed by atoms with van der Waals surface area (Å²) in [6.45, 7) is 18.3. The van der Waals surface area contributed by atoms with Crippen LogP contribution in [0, 0.1) is 25.7 Å². The number of hydrogen-bond acceptors (Lipinski definition) is 2. The molecule has 0 aromatic heterocycles. The molecule has 0 aliphatic heterocycles. The molecule has 2 atom stereocenters. The van der Waals surface area contributed by atoms with Crippen molar-refractivity contribution in [2.45, 2.75) is 105 Å². The summed E-state index contributed by atoms with van der Waals surface area (Å²) in [5.74, 6) is 1.08. The zero-order valence-electron chi connectivity index (χ0n) is 28.5. The first-order valence-electron chi connectivity index (χ1n) is 17.0. The normalized spacial score (nSPS) is 16.1. The van der Waals surface area contributed by atoms with Crippen LogP contribution in [0.2, 0.25) is 0 Å². The molecule has 0 spiro atoms. The lowest BCUT2D eigenvalue weighted by Gasteiger charge is -2.40. The first kappa shape index (κ1) is 31.9. The highest BCUT2D eigenvalue weighted by Crippen LogP contribution is 2.46. The molecule has 1 aliphatic rings. The summed E-state index contributed by atoms with van der Waals surface area (Å²) < 4.78 is 0. The topological polar surface area (TPSA) is 6.48 Å². The summed E-state index contributed by atoms with van der Waals surface area (Å²) in [6.07, 6.45) is 6.31. The molecule has 2 heteroatoms. The van der Waals surface area contributed by atoms with E-state index in [1.54, 1.807) is 0 Å². The van der Waals surface area contributed by atoms with E-state index in [9.17, 15) is 0 Å². The lowest BCUT2D eigenvalue weighted by atomic mass is 9.65. The monoisotopic (exact) mass is 586 g/mol. The van der Waals surface area contributed by atoms with Crippen LogP contribution in [0.1, 0.15) is 95.9 Å². The van der Waals surface area contributed by atoms with Crippen molar-refractivity contribution in [3.05, 3.63) is 119 Å². The first-order valence-corrected chi connectivity index (χ1v) is 17.0. The van der Waals surface area contributed by atoms with Crippen LogP contribution in [-0.2, 0) is 5.41 Å². The quantitative estimate of drug-likeness (QED) is 0.182. The van der Waals surface area contributed by atoms with Gasteiger partial charge in [0.15, 0.2) is 0 Å². The average molecular weight is 587 g/mol. The average Bonchev–Trinajstić information content (AvgIpc) is 3.04. The van der Waals surface area contributed by atoms with E-state index in [1.807, 2.05) is 0 Å². The molecule has 1 saturated carbocycles. The molecule has 232 valence electrons. The Bertz CT molecular complexity index is 1350. The smallest absolute Gasteiger partial charge is 0.0413 e. The minimum atomic E-state index is 0.0615. The SMILES string of the molecule is Cc1ccc(N(c2ccc(C3(c4ccc(N(c5ccc(C)cc5)[C@@H](C)C(C)C)cc4)CCCCC3)cc2)C(C)C(C)C)cc1. The summed E-state index contributed by atoms with van der Waals surface area (Å²) in [6, 6.07) is 38.0. The van der Waals surface area contributed by atoms with Crippen molar-refractivity contribution in [1.29, 1.82) is 0 Å². The third-order valence-corrected chi connectivity index (χ3v) is 10.5. The van der Waals surface area contributed by atoms with Crippen LogP contribution in [0.4, 0.5) is 22.7 Å². The summed E-state index contributed by atoms with van der Waals surface area (Å²) >= 11 is 0. The van der Waals surface area contributed by atoms with Gasteiger partial charge in [-0.1, -0.05) is 107 Å². The third kappa shape index (κ3) is 6.60. The van der Waals surface area contributed by atoms with Gasteiger partial charge in [-0.05, 0) is 112 Å². The molecule has 0 bridgehead atoms. The molecule has 1 fully saturated rings. The van der Waals surface area contributed by atoms with Gasteiger partial charge in [-0.3, -0.25) is 0 Å². The predicted molar refractivity (Wildman–Crippen MR) is 192 cm³/mol. The van der Waals surface area contributed by atoms with Gasteiger partial charge < -0.3 is 9.80 Å². The second-order valence-corrected chi connectivity index (χ2v) is 14.1. The van der Waals surface area contributed by atoms with E-state index >= 15 is 0 Å². The molecule has 4 aromatic rings. The number of hydrogen-bond donors (Lipinski definition) is 0. The maximum atomic E-state index is 2.52. The van der Waals surface area contributed by atoms with Crippen molar-refractivity contribution in [3.8, 4) is 0 Å². The van der Waals surface area contributed by atoms with Crippen molar-refractivity contribution in [1.82, 2.24) is 0 Å². The second kappa shape index (κ2) is 13.6. The van der Waals surface area contributed by atoms with Gasteiger partial charge in [-0.15, -0.1) is 0 Å². The molecule has 2 nitrogen and oxygen atoms in total. The fourth-order valence-electron chi connectivity index (χ4n) is 7.03. The summed E-state index contributed by atoms with van der Waals surface area (Å²) in [7, 11) is 0. The molecule has 0 heterocycles. The highest BCUT2D eigenvalue weighted by atomic mass is 15.2. The highest BCUT2D eigenvalue weighted by Gasteiger charge is 2.36. The van der Waals surface area contributed by atoms with Crippen molar-refractivity contribution in [3.63, 3.8) is 0 Å². The van der Waals surface area contributed by atoms with Crippen molar-refractivity contribution < 1.29 is 0 Å². The molecule has 0 amide bonds. The van der Waals surface area contributed by atoms with E-state index in [2.05, 4.69) is 162 Å². The van der Waals surface area contributed by atoms with Crippen LogP contribution < -0.4 is 9.80 Å². The molecule has 0 N–H and O–H groups in total. The van der Waals surface area contributed by atoms with Crippen LogP contribution in [0.5, 0.6) is 0 Å². The van der Waals surface area contributed by atoms with E-state index in [0.29, 0.717) is 23.9 Å². The Hall–Kier alpha value is -3.52.